The average Bonchev–Trinajstić information content (AvgIpc) is 3.64. The van der Waals surface area contributed by atoms with E-state index < -0.39 is 0 Å². The highest BCUT2D eigenvalue weighted by atomic mass is 19.1. The van der Waals surface area contributed by atoms with Crippen LogP contribution in [0.5, 0.6) is 0 Å². The number of carbonyl (C=O) groups excluding carboxylic acids is 1. The third-order valence-corrected chi connectivity index (χ3v) is 9.97. The van der Waals surface area contributed by atoms with Crippen molar-refractivity contribution in [3.8, 4) is 17.1 Å². The summed E-state index contributed by atoms with van der Waals surface area (Å²) in [6.07, 6.45) is 7.51. The molecule has 1 saturated heterocycles. The van der Waals surface area contributed by atoms with Crippen LogP contribution < -0.4 is 5.32 Å². The van der Waals surface area contributed by atoms with Gasteiger partial charge in [-0.1, -0.05) is 37.3 Å². The summed E-state index contributed by atoms with van der Waals surface area (Å²) in [6, 6.07) is 18.8. The maximum Gasteiger partial charge on any atom is 0.222 e. The minimum atomic E-state index is -0.111. The molecule has 228 valence electrons. The molecule has 1 saturated carbocycles. The van der Waals surface area contributed by atoms with Crippen molar-refractivity contribution in [1.82, 2.24) is 19.7 Å². The number of benzene rings is 2. The minimum Gasteiger partial charge on any atom is -0.378 e. The highest BCUT2D eigenvalue weighted by molar-refractivity contribution is 5.77. The van der Waals surface area contributed by atoms with Gasteiger partial charge in [0, 0.05) is 42.0 Å². The van der Waals surface area contributed by atoms with E-state index in [2.05, 4.69) is 55.6 Å². The Hall–Kier alpha value is -4.00. The number of fused-ring (bicyclic) bond motifs is 1. The summed E-state index contributed by atoms with van der Waals surface area (Å²) in [5.74, 6) is 1.73. The summed E-state index contributed by atoms with van der Waals surface area (Å²) >= 11 is 0. The molecule has 1 amide bonds. The maximum absolute atomic E-state index is 15.9. The molecule has 44 heavy (non-hydrogen) atoms. The molecule has 3 heterocycles. The SMILES string of the molecule is CCc1cc(C)n(-c2cccc(-c3cccc4c3C(Nc3ccc(C5CCN(C(=O)CC6CC6)CC5)c(F)c3C)CC4)n2)n1. The summed E-state index contributed by atoms with van der Waals surface area (Å²) in [4.78, 5) is 19.6. The van der Waals surface area contributed by atoms with Crippen LogP contribution in [-0.2, 0) is 17.6 Å². The van der Waals surface area contributed by atoms with Crippen LogP contribution in [0.1, 0.15) is 91.1 Å². The smallest absolute Gasteiger partial charge is 0.222 e. The van der Waals surface area contributed by atoms with E-state index >= 15 is 4.39 Å². The molecule has 2 aromatic carbocycles. The van der Waals surface area contributed by atoms with Crippen LogP contribution in [0.3, 0.4) is 0 Å². The highest BCUT2D eigenvalue weighted by Gasteiger charge is 2.31. The zero-order valence-corrected chi connectivity index (χ0v) is 26.1. The molecule has 2 fully saturated rings. The number of halogens is 1. The zero-order chi connectivity index (χ0) is 30.4. The Bertz CT molecular complexity index is 1700. The normalized spacial score (nSPS) is 18.5. The molecule has 2 aromatic heterocycles. The molecule has 7 rings (SSSR count). The van der Waals surface area contributed by atoms with E-state index in [0.717, 1.165) is 84.9 Å². The van der Waals surface area contributed by atoms with E-state index in [1.54, 1.807) is 0 Å². The maximum atomic E-state index is 15.9. The van der Waals surface area contributed by atoms with Crippen LogP contribution in [-0.4, -0.2) is 38.7 Å². The molecule has 7 heteroatoms. The predicted molar refractivity (Wildman–Crippen MR) is 173 cm³/mol. The molecule has 0 bridgehead atoms. The lowest BCUT2D eigenvalue weighted by Gasteiger charge is -2.33. The van der Waals surface area contributed by atoms with Gasteiger partial charge in [0.25, 0.3) is 0 Å². The molecule has 1 atom stereocenters. The number of carbonyl (C=O) groups is 1. The molecule has 3 aliphatic rings. The number of aromatic nitrogens is 3. The Morgan fingerprint density at radius 1 is 1.00 bits per heavy atom. The van der Waals surface area contributed by atoms with Crippen molar-refractivity contribution in [3.63, 3.8) is 0 Å². The second kappa shape index (κ2) is 11.8. The fourth-order valence-corrected chi connectivity index (χ4v) is 7.19. The first kappa shape index (κ1) is 28.8. The standard InChI is InChI=1S/C37H42FN5O/c1-4-28-21-23(2)43(41-28)34-10-6-9-32(40-34)30-8-5-7-27-13-15-33(36(27)30)39-31-16-14-29(37(38)24(31)3)26-17-19-42(20-18-26)35(44)22-25-11-12-25/h5-10,14,16,21,25-26,33,39H,4,11-13,15,17-20,22H2,1-3H3. The van der Waals surface area contributed by atoms with Gasteiger partial charge in [-0.3, -0.25) is 4.79 Å². The van der Waals surface area contributed by atoms with Crippen LogP contribution in [0.15, 0.2) is 54.6 Å². The summed E-state index contributed by atoms with van der Waals surface area (Å²) < 4.78 is 17.8. The Morgan fingerprint density at radius 3 is 2.55 bits per heavy atom. The van der Waals surface area contributed by atoms with E-state index in [4.69, 9.17) is 10.1 Å². The molecule has 0 spiro atoms. The van der Waals surface area contributed by atoms with Gasteiger partial charge in [-0.2, -0.15) is 5.10 Å². The topological polar surface area (TPSA) is 63.1 Å². The van der Waals surface area contributed by atoms with Crippen molar-refractivity contribution in [2.24, 2.45) is 5.92 Å². The third kappa shape index (κ3) is 5.53. The molecule has 4 aromatic rings. The fraction of sp³-hybridized carbons (Fsp3) is 0.432. The van der Waals surface area contributed by atoms with E-state index in [0.29, 0.717) is 17.9 Å². The number of hydrogen-bond acceptors (Lipinski definition) is 4. The summed E-state index contributed by atoms with van der Waals surface area (Å²) in [5.41, 5.74) is 9.01. The number of hydrogen-bond donors (Lipinski definition) is 1. The number of amides is 1. The predicted octanol–water partition coefficient (Wildman–Crippen LogP) is 7.86. The number of likely N-dealkylation sites (tertiary alicyclic amines) is 1. The van der Waals surface area contributed by atoms with Crippen LogP contribution in [0.2, 0.25) is 0 Å². The number of aryl methyl sites for hydroxylation is 3. The van der Waals surface area contributed by atoms with Crippen molar-refractivity contribution >= 4 is 11.6 Å². The van der Waals surface area contributed by atoms with Crippen molar-refractivity contribution in [3.05, 3.63) is 94.1 Å². The van der Waals surface area contributed by atoms with E-state index in [1.807, 2.05) is 34.7 Å². The van der Waals surface area contributed by atoms with Crippen LogP contribution in [0.4, 0.5) is 10.1 Å². The minimum absolute atomic E-state index is 0.0643. The van der Waals surface area contributed by atoms with Crippen molar-refractivity contribution in [1.29, 1.82) is 0 Å². The van der Waals surface area contributed by atoms with Gasteiger partial charge in [-0.05, 0) is 112 Å². The zero-order valence-electron chi connectivity index (χ0n) is 26.1. The molecule has 1 N–H and O–H groups in total. The first-order valence-corrected chi connectivity index (χ1v) is 16.4. The molecular formula is C37H42FN5O. The third-order valence-electron chi connectivity index (χ3n) is 9.97. The Kier molecular flexibility index (Phi) is 7.73. The number of piperidine rings is 1. The molecule has 1 unspecified atom stereocenters. The first-order chi connectivity index (χ1) is 21.4. The number of rotatable bonds is 8. The van der Waals surface area contributed by atoms with Crippen LogP contribution >= 0.6 is 0 Å². The van der Waals surface area contributed by atoms with Gasteiger partial charge in [0.05, 0.1) is 17.4 Å². The van der Waals surface area contributed by atoms with Crippen molar-refractivity contribution in [2.75, 3.05) is 18.4 Å². The Balaban J connectivity index is 1.10. The van der Waals surface area contributed by atoms with Crippen molar-refractivity contribution in [2.45, 2.75) is 84.1 Å². The average molecular weight is 592 g/mol. The lowest BCUT2D eigenvalue weighted by molar-refractivity contribution is -0.132. The summed E-state index contributed by atoms with van der Waals surface area (Å²) in [7, 11) is 0. The molecule has 2 aliphatic carbocycles. The highest BCUT2D eigenvalue weighted by Crippen LogP contribution is 2.42. The molecule has 1 aliphatic heterocycles. The monoisotopic (exact) mass is 591 g/mol. The van der Waals surface area contributed by atoms with Crippen LogP contribution in [0, 0.1) is 25.6 Å². The van der Waals surface area contributed by atoms with Gasteiger partial charge in [0.15, 0.2) is 5.82 Å². The van der Waals surface area contributed by atoms with E-state index in [1.165, 1.54) is 24.0 Å². The first-order valence-electron chi connectivity index (χ1n) is 16.4. The molecule has 6 nitrogen and oxygen atoms in total. The summed E-state index contributed by atoms with van der Waals surface area (Å²) in [6.45, 7) is 7.52. The quantitative estimate of drug-likeness (QED) is 0.227. The largest absolute Gasteiger partial charge is 0.378 e. The summed E-state index contributed by atoms with van der Waals surface area (Å²) in [5, 5.41) is 8.47. The van der Waals surface area contributed by atoms with Gasteiger partial charge in [0.1, 0.15) is 5.82 Å². The van der Waals surface area contributed by atoms with Crippen LogP contribution in [0.25, 0.3) is 17.1 Å². The van der Waals surface area contributed by atoms with Gasteiger partial charge in [-0.15, -0.1) is 0 Å². The molecule has 0 radical (unpaired) electrons. The van der Waals surface area contributed by atoms with E-state index in [9.17, 15) is 4.79 Å². The number of nitrogens with one attached hydrogen (secondary N) is 1. The number of nitrogens with zero attached hydrogens (tertiary/aromatic N) is 4. The number of anilines is 1. The second-order valence-corrected chi connectivity index (χ2v) is 13.0. The van der Waals surface area contributed by atoms with Gasteiger partial charge in [-0.25, -0.2) is 14.1 Å². The molecular weight excluding hydrogens is 549 g/mol. The van der Waals surface area contributed by atoms with E-state index in [-0.39, 0.29) is 23.7 Å². The van der Waals surface area contributed by atoms with Gasteiger partial charge < -0.3 is 10.2 Å². The second-order valence-electron chi connectivity index (χ2n) is 13.0. The number of pyridine rings is 1. The lowest BCUT2D eigenvalue weighted by atomic mass is 9.87. The van der Waals surface area contributed by atoms with Crippen molar-refractivity contribution < 1.29 is 9.18 Å². The Morgan fingerprint density at radius 2 is 1.80 bits per heavy atom. The van der Waals surface area contributed by atoms with Gasteiger partial charge in [0.2, 0.25) is 5.91 Å². The van der Waals surface area contributed by atoms with Gasteiger partial charge >= 0.3 is 0 Å². The lowest BCUT2D eigenvalue weighted by Crippen LogP contribution is -2.38. The Labute approximate surface area is 259 Å². The fourth-order valence-electron chi connectivity index (χ4n) is 7.19.